The standard InChI is InChI=1S/C24H23NO5/c1-3-24(28)30-20-9-5-7-18(15-20)17-6-4-8-19(14-17)25-23(27)13-16-10-11-21(26)22(12-16)29-2/h4-12,14-15,26H,3,13H2,1-2H3,(H,25,27). The summed E-state index contributed by atoms with van der Waals surface area (Å²) in [6.07, 6.45) is 0.446. The number of methoxy groups -OCH3 is 1. The molecule has 0 spiro atoms. The lowest BCUT2D eigenvalue weighted by molar-refractivity contribution is -0.134. The van der Waals surface area contributed by atoms with Gasteiger partial charge in [0, 0.05) is 12.1 Å². The first-order valence-corrected chi connectivity index (χ1v) is 9.55. The molecule has 0 aliphatic rings. The van der Waals surface area contributed by atoms with E-state index in [0.717, 1.165) is 16.7 Å². The second-order valence-corrected chi connectivity index (χ2v) is 6.67. The molecule has 0 unspecified atom stereocenters. The highest BCUT2D eigenvalue weighted by molar-refractivity contribution is 5.93. The van der Waals surface area contributed by atoms with Crippen LogP contribution in [0.4, 0.5) is 5.69 Å². The van der Waals surface area contributed by atoms with Gasteiger partial charge < -0.3 is 19.9 Å². The van der Waals surface area contributed by atoms with E-state index in [9.17, 15) is 14.7 Å². The number of esters is 1. The van der Waals surface area contributed by atoms with Crippen LogP contribution in [0.15, 0.2) is 66.7 Å². The molecule has 1 amide bonds. The molecule has 154 valence electrons. The number of carbonyl (C=O) groups excluding carboxylic acids is 2. The molecule has 0 aromatic heterocycles. The summed E-state index contributed by atoms with van der Waals surface area (Å²) < 4.78 is 10.4. The molecule has 2 N–H and O–H groups in total. The van der Waals surface area contributed by atoms with Crippen LogP contribution in [-0.4, -0.2) is 24.1 Å². The molecule has 0 bridgehead atoms. The van der Waals surface area contributed by atoms with Crippen LogP contribution < -0.4 is 14.8 Å². The Bertz CT molecular complexity index is 1060. The van der Waals surface area contributed by atoms with E-state index in [1.165, 1.54) is 13.2 Å². The Balaban J connectivity index is 1.72. The van der Waals surface area contributed by atoms with Crippen molar-refractivity contribution < 1.29 is 24.2 Å². The summed E-state index contributed by atoms with van der Waals surface area (Å²) in [5.41, 5.74) is 3.13. The van der Waals surface area contributed by atoms with Crippen LogP contribution >= 0.6 is 0 Å². The molecule has 0 aliphatic heterocycles. The van der Waals surface area contributed by atoms with Gasteiger partial charge in [0.1, 0.15) is 5.75 Å². The van der Waals surface area contributed by atoms with E-state index < -0.39 is 0 Å². The first kappa shape index (κ1) is 20.9. The number of phenols is 1. The van der Waals surface area contributed by atoms with Gasteiger partial charge in [-0.05, 0) is 53.1 Å². The van der Waals surface area contributed by atoms with Crippen molar-refractivity contribution >= 4 is 17.6 Å². The zero-order valence-electron chi connectivity index (χ0n) is 16.8. The third-order valence-electron chi connectivity index (χ3n) is 4.44. The van der Waals surface area contributed by atoms with Crippen LogP contribution in [0, 0.1) is 0 Å². The maximum absolute atomic E-state index is 12.5. The van der Waals surface area contributed by atoms with Crippen molar-refractivity contribution in [3.05, 3.63) is 72.3 Å². The van der Waals surface area contributed by atoms with E-state index in [-0.39, 0.29) is 24.0 Å². The average molecular weight is 405 g/mol. The summed E-state index contributed by atoms with van der Waals surface area (Å²) in [7, 11) is 1.46. The van der Waals surface area contributed by atoms with Gasteiger partial charge in [0.25, 0.3) is 0 Å². The predicted octanol–water partition coefficient (Wildman–Crippen LogP) is 4.56. The number of amides is 1. The molecule has 0 saturated carbocycles. The van der Waals surface area contributed by atoms with Crippen LogP contribution in [0.2, 0.25) is 0 Å². The van der Waals surface area contributed by atoms with Gasteiger partial charge in [-0.3, -0.25) is 9.59 Å². The number of nitrogens with one attached hydrogen (secondary N) is 1. The van der Waals surface area contributed by atoms with Crippen LogP contribution in [-0.2, 0) is 16.0 Å². The van der Waals surface area contributed by atoms with Gasteiger partial charge >= 0.3 is 5.97 Å². The number of hydrogen-bond acceptors (Lipinski definition) is 5. The SMILES string of the molecule is CCC(=O)Oc1cccc(-c2cccc(NC(=O)Cc3ccc(O)c(OC)c3)c2)c1. The lowest BCUT2D eigenvalue weighted by Gasteiger charge is -2.10. The monoisotopic (exact) mass is 405 g/mol. The predicted molar refractivity (Wildman–Crippen MR) is 115 cm³/mol. The fourth-order valence-electron chi connectivity index (χ4n) is 2.94. The zero-order valence-corrected chi connectivity index (χ0v) is 16.8. The topological polar surface area (TPSA) is 84.9 Å². The molecule has 0 aliphatic carbocycles. The van der Waals surface area contributed by atoms with Crippen LogP contribution in [0.3, 0.4) is 0 Å². The van der Waals surface area contributed by atoms with Gasteiger partial charge in [-0.15, -0.1) is 0 Å². The zero-order chi connectivity index (χ0) is 21.5. The van der Waals surface area contributed by atoms with Gasteiger partial charge in [0.15, 0.2) is 11.5 Å². The Hall–Kier alpha value is -3.80. The Morgan fingerprint density at radius 2 is 1.70 bits per heavy atom. The highest BCUT2D eigenvalue weighted by Gasteiger charge is 2.09. The van der Waals surface area contributed by atoms with Gasteiger partial charge in [-0.25, -0.2) is 0 Å². The molecular formula is C24H23NO5. The minimum absolute atomic E-state index is 0.0289. The van der Waals surface area contributed by atoms with E-state index in [1.54, 1.807) is 37.3 Å². The Morgan fingerprint density at radius 3 is 2.43 bits per heavy atom. The fourth-order valence-corrected chi connectivity index (χ4v) is 2.94. The molecule has 0 radical (unpaired) electrons. The molecule has 0 atom stereocenters. The second kappa shape index (κ2) is 9.60. The molecule has 0 saturated heterocycles. The van der Waals surface area contributed by atoms with E-state index in [1.807, 2.05) is 30.3 Å². The molecule has 3 rings (SSSR count). The number of carbonyl (C=O) groups is 2. The van der Waals surface area contributed by atoms with Gasteiger partial charge in [-0.1, -0.05) is 37.3 Å². The highest BCUT2D eigenvalue weighted by atomic mass is 16.5. The summed E-state index contributed by atoms with van der Waals surface area (Å²) >= 11 is 0. The first-order valence-electron chi connectivity index (χ1n) is 9.55. The molecule has 0 fully saturated rings. The molecule has 3 aromatic carbocycles. The van der Waals surface area contributed by atoms with E-state index >= 15 is 0 Å². The number of benzene rings is 3. The first-order chi connectivity index (χ1) is 14.5. The molecular weight excluding hydrogens is 382 g/mol. The highest BCUT2D eigenvalue weighted by Crippen LogP contribution is 2.28. The van der Waals surface area contributed by atoms with Crippen LogP contribution in [0.25, 0.3) is 11.1 Å². The van der Waals surface area contributed by atoms with Crippen molar-refractivity contribution in [2.75, 3.05) is 12.4 Å². The summed E-state index contributed by atoms with van der Waals surface area (Å²) in [4.78, 5) is 24.0. The van der Waals surface area contributed by atoms with Gasteiger partial charge in [0.05, 0.1) is 13.5 Å². The lowest BCUT2D eigenvalue weighted by Crippen LogP contribution is -2.14. The summed E-state index contributed by atoms with van der Waals surface area (Å²) in [6.45, 7) is 1.74. The molecule has 0 heterocycles. The number of anilines is 1. The van der Waals surface area contributed by atoms with Crippen molar-refractivity contribution in [2.24, 2.45) is 0 Å². The Labute approximate surface area is 175 Å². The van der Waals surface area contributed by atoms with E-state index in [4.69, 9.17) is 9.47 Å². The Morgan fingerprint density at radius 1 is 0.967 bits per heavy atom. The van der Waals surface area contributed by atoms with Crippen molar-refractivity contribution in [1.82, 2.24) is 0 Å². The number of aromatic hydroxyl groups is 1. The maximum Gasteiger partial charge on any atom is 0.310 e. The van der Waals surface area contributed by atoms with E-state index in [2.05, 4.69) is 5.32 Å². The molecule has 30 heavy (non-hydrogen) atoms. The van der Waals surface area contributed by atoms with Crippen LogP contribution in [0.5, 0.6) is 17.2 Å². The lowest BCUT2D eigenvalue weighted by atomic mass is 10.0. The van der Waals surface area contributed by atoms with Gasteiger partial charge in [-0.2, -0.15) is 0 Å². The number of rotatable bonds is 7. The van der Waals surface area contributed by atoms with Gasteiger partial charge in [0.2, 0.25) is 5.91 Å². The number of ether oxygens (including phenoxy) is 2. The minimum Gasteiger partial charge on any atom is -0.504 e. The third kappa shape index (κ3) is 5.38. The minimum atomic E-state index is -0.293. The van der Waals surface area contributed by atoms with Crippen molar-refractivity contribution in [3.63, 3.8) is 0 Å². The molecule has 6 heteroatoms. The summed E-state index contributed by atoms with van der Waals surface area (Å²) in [5.74, 6) is 0.353. The second-order valence-electron chi connectivity index (χ2n) is 6.67. The van der Waals surface area contributed by atoms with Crippen molar-refractivity contribution in [1.29, 1.82) is 0 Å². The quantitative estimate of drug-likeness (QED) is 0.444. The summed E-state index contributed by atoms with van der Waals surface area (Å²) in [6, 6.07) is 19.5. The fraction of sp³-hybridized carbons (Fsp3) is 0.167. The normalized spacial score (nSPS) is 10.3. The number of phenolic OH excluding ortho intramolecular Hbond substituents is 1. The smallest absolute Gasteiger partial charge is 0.310 e. The maximum atomic E-state index is 12.5. The third-order valence-corrected chi connectivity index (χ3v) is 4.44. The summed E-state index contributed by atoms with van der Waals surface area (Å²) in [5, 5.41) is 12.6. The van der Waals surface area contributed by atoms with E-state index in [0.29, 0.717) is 23.6 Å². The Kier molecular flexibility index (Phi) is 6.70. The van der Waals surface area contributed by atoms with Crippen LogP contribution in [0.1, 0.15) is 18.9 Å². The number of hydrogen-bond donors (Lipinski definition) is 2. The largest absolute Gasteiger partial charge is 0.504 e. The average Bonchev–Trinajstić information content (AvgIpc) is 2.75. The molecule has 3 aromatic rings. The van der Waals surface area contributed by atoms with Crippen molar-refractivity contribution in [3.8, 4) is 28.4 Å². The molecule has 6 nitrogen and oxygen atoms in total. The van der Waals surface area contributed by atoms with Crippen molar-refractivity contribution in [2.45, 2.75) is 19.8 Å².